The third kappa shape index (κ3) is 3.06. The van der Waals surface area contributed by atoms with Crippen LogP contribution in [0.25, 0.3) is 22.6 Å². The summed E-state index contributed by atoms with van der Waals surface area (Å²) in [6, 6.07) is 8.22. The Morgan fingerprint density at radius 2 is 1.74 bits per heavy atom. The Labute approximate surface area is 139 Å². The van der Waals surface area contributed by atoms with Gasteiger partial charge in [-0.15, -0.1) is 11.3 Å². The molecule has 5 heteroatoms. The largest absolute Gasteiger partial charge is 0.339 e. The van der Waals surface area contributed by atoms with Crippen LogP contribution >= 0.6 is 11.3 Å². The molecule has 0 bridgehead atoms. The lowest BCUT2D eigenvalue weighted by Gasteiger charge is -2.17. The zero-order valence-corrected chi connectivity index (χ0v) is 14.0. The van der Waals surface area contributed by atoms with E-state index in [1.54, 1.807) is 11.3 Å². The van der Waals surface area contributed by atoms with Gasteiger partial charge in [-0.05, 0) is 19.8 Å². The van der Waals surface area contributed by atoms with Gasteiger partial charge >= 0.3 is 0 Å². The Kier molecular flexibility index (Phi) is 3.95. The van der Waals surface area contributed by atoms with Gasteiger partial charge in [0.1, 0.15) is 0 Å². The predicted molar refractivity (Wildman–Crippen MR) is 91.4 cm³/mol. The first-order valence-corrected chi connectivity index (χ1v) is 9.04. The van der Waals surface area contributed by atoms with Crippen molar-refractivity contribution in [1.82, 2.24) is 15.1 Å². The number of thiazole rings is 1. The van der Waals surface area contributed by atoms with Crippen LogP contribution in [0, 0.1) is 6.92 Å². The monoisotopic (exact) mass is 325 g/mol. The van der Waals surface area contributed by atoms with E-state index in [2.05, 4.69) is 32.6 Å². The summed E-state index contributed by atoms with van der Waals surface area (Å²) in [5, 5.41) is 7.33. The molecular weight excluding hydrogens is 306 g/mol. The van der Waals surface area contributed by atoms with E-state index in [4.69, 9.17) is 4.52 Å². The van der Waals surface area contributed by atoms with Gasteiger partial charge in [0.05, 0.1) is 10.7 Å². The molecule has 0 spiro atoms. The quantitative estimate of drug-likeness (QED) is 0.663. The van der Waals surface area contributed by atoms with Crippen LogP contribution in [0.1, 0.15) is 48.9 Å². The second-order valence-electron chi connectivity index (χ2n) is 6.12. The minimum atomic E-state index is 0.447. The minimum absolute atomic E-state index is 0.447. The Morgan fingerprint density at radius 3 is 2.43 bits per heavy atom. The van der Waals surface area contributed by atoms with Crippen molar-refractivity contribution in [3.8, 4) is 22.6 Å². The third-order valence-electron chi connectivity index (χ3n) is 4.45. The van der Waals surface area contributed by atoms with Gasteiger partial charge in [0.25, 0.3) is 0 Å². The Hall–Kier alpha value is -2.01. The fourth-order valence-corrected chi connectivity index (χ4v) is 3.78. The van der Waals surface area contributed by atoms with Gasteiger partial charge in [0.15, 0.2) is 0 Å². The Bertz CT molecular complexity index is 785. The van der Waals surface area contributed by atoms with E-state index in [-0.39, 0.29) is 0 Å². The summed E-state index contributed by atoms with van der Waals surface area (Å²) in [5.74, 6) is 1.94. The molecule has 4 nitrogen and oxygen atoms in total. The lowest BCUT2D eigenvalue weighted by atomic mass is 9.89. The molecule has 23 heavy (non-hydrogen) atoms. The molecular formula is C18H19N3OS. The van der Waals surface area contributed by atoms with Gasteiger partial charge in [-0.25, -0.2) is 4.98 Å². The fraction of sp³-hybridized carbons (Fsp3) is 0.389. The van der Waals surface area contributed by atoms with Crippen LogP contribution in [0.2, 0.25) is 0 Å². The molecule has 1 fully saturated rings. The van der Waals surface area contributed by atoms with E-state index in [0.717, 1.165) is 27.7 Å². The van der Waals surface area contributed by atoms with Gasteiger partial charge in [-0.3, -0.25) is 0 Å². The molecule has 1 saturated carbocycles. The highest BCUT2D eigenvalue weighted by Gasteiger charge is 2.21. The number of rotatable bonds is 3. The van der Waals surface area contributed by atoms with Crippen molar-refractivity contribution in [2.75, 3.05) is 0 Å². The molecule has 2 aromatic heterocycles. The van der Waals surface area contributed by atoms with Crippen LogP contribution < -0.4 is 0 Å². The minimum Gasteiger partial charge on any atom is -0.339 e. The lowest BCUT2D eigenvalue weighted by Crippen LogP contribution is -2.04. The van der Waals surface area contributed by atoms with Crippen LogP contribution in [0.3, 0.4) is 0 Å². The van der Waals surface area contributed by atoms with Crippen molar-refractivity contribution in [2.24, 2.45) is 0 Å². The van der Waals surface area contributed by atoms with E-state index in [1.807, 2.05) is 19.1 Å². The van der Waals surface area contributed by atoms with E-state index < -0.39 is 0 Å². The van der Waals surface area contributed by atoms with E-state index in [9.17, 15) is 0 Å². The van der Waals surface area contributed by atoms with Gasteiger partial charge < -0.3 is 4.52 Å². The van der Waals surface area contributed by atoms with Crippen molar-refractivity contribution in [3.05, 3.63) is 40.5 Å². The van der Waals surface area contributed by atoms with Crippen molar-refractivity contribution < 1.29 is 4.52 Å². The Morgan fingerprint density at radius 1 is 1.00 bits per heavy atom. The predicted octanol–water partition coefficient (Wildman–Crippen LogP) is 5.22. The molecule has 0 amide bonds. The second kappa shape index (κ2) is 6.24. The maximum absolute atomic E-state index is 5.50. The highest BCUT2D eigenvalue weighted by Crippen LogP contribution is 2.32. The molecule has 0 aliphatic heterocycles. The zero-order chi connectivity index (χ0) is 15.6. The van der Waals surface area contributed by atoms with Crippen molar-refractivity contribution in [1.29, 1.82) is 0 Å². The summed E-state index contributed by atoms with van der Waals surface area (Å²) in [4.78, 5) is 9.14. The van der Waals surface area contributed by atoms with E-state index >= 15 is 0 Å². The first kappa shape index (κ1) is 14.6. The molecule has 1 aliphatic rings. The number of aromatic nitrogens is 3. The van der Waals surface area contributed by atoms with E-state index in [1.165, 1.54) is 32.1 Å². The molecule has 0 radical (unpaired) electrons. The van der Waals surface area contributed by atoms with Crippen LogP contribution in [0.5, 0.6) is 0 Å². The maximum atomic E-state index is 5.50. The van der Waals surface area contributed by atoms with Crippen molar-refractivity contribution >= 4 is 11.3 Å². The molecule has 3 aromatic rings. The average Bonchev–Trinajstić information content (AvgIpc) is 3.25. The van der Waals surface area contributed by atoms with Crippen molar-refractivity contribution in [3.63, 3.8) is 0 Å². The lowest BCUT2D eigenvalue weighted by molar-refractivity contribution is 0.314. The van der Waals surface area contributed by atoms with Crippen LogP contribution in [-0.4, -0.2) is 15.1 Å². The van der Waals surface area contributed by atoms with Gasteiger partial charge in [-0.1, -0.05) is 48.7 Å². The molecule has 2 heterocycles. The molecule has 0 N–H and O–H groups in total. The number of benzene rings is 1. The number of hydrogen-bond donors (Lipinski definition) is 0. The summed E-state index contributed by atoms with van der Waals surface area (Å²) in [7, 11) is 0. The van der Waals surface area contributed by atoms with Crippen LogP contribution in [0.4, 0.5) is 0 Å². The number of aryl methyl sites for hydroxylation is 1. The SMILES string of the molecule is Cc1nc(-c2ccc(-c3noc(C4CCCCC4)n3)cc2)cs1. The van der Waals surface area contributed by atoms with Gasteiger partial charge in [0, 0.05) is 22.4 Å². The van der Waals surface area contributed by atoms with Crippen molar-refractivity contribution in [2.45, 2.75) is 44.9 Å². The number of hydrogen-bond acceptors (Lipinski definition) is 5. The standard InChI is InChI=1S/C18H19N3OS/c1-12-19-16(11-23-12)13-7-9-14(10-8-13)17-20-18(22-21-17)15-5-3-2-4-6-15/h7-11,15H,2-6H2,1H3. The summed E-state index contributed by atoms with van der Waals surface area (Å²) in [6.07, 6.45) is 6.21. The maximum Gasteiger partial charge on any atom is 0.230 e. The summed E-state index contributed by atoms with van der Waals surface area (Å²) in [5.41, 5.74) is 3.13. The zero-order valence-electron chi connectivity index (χ0n) is 13.2. The molecule has 4 rings (SSSR count). The molecule has 0 saturated heterocycles. The van der Waals surface area contributed by atoms with Gasteiger partial charge in [0.2, 0.25) is 11.7 Å². The highest BCUT2D eigenvalue weighted by atomic mass is 32.1. The smallest absolute Gasteiger partial charge is 0.230 e. The van der Waals surface area contributed by atoms with E-state index in [0.29, 0.717) is 11.7 Å². The molecule has 1 aliphatic carbocycles. The molecule has 0 atom stereocenters. The molecule has 0 unspecified atom stereocenters. The summed E-state index contributed by atoms with van der Waals surface area (Å²) >= 11 is 1.67. The average molecular weight is 325 g/mol. The van der Waals surface area contributed by atoms with Gasteiger partial charge in [-0.2, -0.15) is 4.98 Å². The normalized spacial score (nSPS) is 15.9. The highest BCUT2D eigenvalue weighted by molar-refractivity contribution is 7.09. The third-order valence-corrected chi connectivity index (χ3v) is 5.23. The number of nitrogens with zero attached hydrogens (tertiary/aromatic N) is 3. The fourth-order valence-electron chi connectivity index (χ4n) is 3.15. The second-order valence-corrected chi connectivity index (χ2v) is 7.18. The first-order chi connectivity index (χ1) is 11.3. The van der Waals surface area contributed by atoms with Crippen LogP contribution in [-0.2, 0) is 0 Å². The summed E-state index contributed by atoms with van der Waals surface area (Å²) < 4.78 is 5.50. The summed E-state index contributed by atoms with van der Waals surface area (Å²) in [6.45, 7) is 2.02. The Balaban J connectivity index is 1.55. The van der Waals surface area contributed by atoms with Crippen LogP contribution in [0.15, 0.2) is 34.2 Å². The molecule has 118 valence electrons. The topological polar surface area (TPSA) is 51.8 Å². The first-order valence-electron chi connectivity index (χ1n) is 8.16. The molecule has 1 aromatic carbocycles.